The van der Waals surface area contributed by atoms with Gasteiger partial charge in [0, 0.05) is 18.8 Å². The molecular formula is C12H12BrFN2O3. The molecule has 7 heteroatoms. The van der Waals surface area contributed by atoms with E-state index in [1.54, 1.807) is 13.1 Å². The molecule has 5 nitrogen and oxygen atoms in total. The zero-order valence-corrected chi connectivity index (χ0v) is 11.8. The first-order chi connectivity index (χ1) is 9.02. The first kappa shape index (κ1) is 13.8. The molecule has 0 aromatic carbocycles. The van der Waals surface area contributed by atoms with Crippen molar-refractivity contribution in [1.82, 2.24) is 9.38 Å². The van der Waals surface area contributed by atoms with Gasteiger partial charge in [-0.15, -0.1) is 0 Å². The second-order valence-corrected chi connectivity index (χ2v) is 4.76. The molecule has 1 N–H and O–H groups in total. The minimum Gasteiger partial charge on any atom is -0.504 e. The van der Waals surface area contributed by atoms with Gasteiger partial charge in [-0.1, -0.05) is 0 Å². The second-order valence-electron chi connectivity index (χ2n) is 3.91. The van der Waals surface area contributed by atoms with Crippen LogP contribution in [0.3, 0.4) is 0 Å². The molecule has 0 saturated heterocycles. The molecule has 0 spiro atoms. The maximum atomic E-state index is 13.7. The number of hydrogen-bond donors (Lipinski definition) is 1. The first-order valence-electron chi connectivity index (χ1n) is 5.73. The molecule has 2 aromatic heterocycles. The van der Waals surface area contributed by atoms with Gasteiger partial charge in [-0.25, -0.2) is 4.98 Å². The van der Waals surface area contributed by atoms with E-state index in [1.165, 1.54) is 10.6 Å². The van der Waals surface area contributed by atoms with Gasteiger partial charge in [0.2, 0.25) is 5.82 Å². The molecule has 0 aliphatic rings. The topological polar surface area (TPSA) is 63.8 Å². The average Bonchev–Trinajstić information content (AvgIpc) is 2.77. The molecule has 0 saturated carbocycles. The molecule has 0 radical (unpaired) electrons. The summed E-state index contributed by atoms with van der Waals surface area (Å²) in [5.41, 5.74) is 0.587. The Bertz CT molecular complexity index is 627. The number of esters is 1. The highest BCUT2D eigenvalue weighted by atomic mass is 79.9. The fourth-order valence-electron chi connectivity index (χ4n) is 1.68. The quantitative estimate of drug-likeness (QED) is 0.874. The third-order valence-electron chi connectivity index (χ3n) is 2.56. The minimum atomic E-state index is -0.795. The third kappa shape index (κ3) is 2.86. The molecule has 19 heavy (non-hydrogen) atoms. The van der Waals surface area contributed by atoms with Gasteiger partial charge in [0.15, 0.2) is 11.4 Å². The number of aromatic nitrogens is 2. The van der Waals surface area contributed by atoms with Crippen molar-refractivity contribution in [2.24, 2.45) is 0 Å². The van der Waals surface area contributed by atoms with Crippen molar-refractivity contribution in [3.63, 3.8) is 0 Å². The van der Waals surface area contributed by atoms with E-state index in [9.17, 15) is 14.3 Å². The molecular weight excluding hydrogens is 319 g/mol. The van der Waals surface area contributed by atoms with E-state index in [4.69, 9.17) is 4.74 Å². The summed E-state index contributed by atoms with van der Waals surface area (Å²) in [6.07, 6.45) is 3.67. The highest BCUT2D eigenvalue weighted by Gasteiger charge is 2.14. The van der Waals surface area contributed by atoms with Crippen LogP contribution in [0.4, 0.5) is 4.39 Å². The Labute approximate surface area is 117 Å². The second kappa shape index (κ2) is 5.56. The number of aromatic hydroxyl groups is 1. The zero-order valence-electron chi connectivity index (χ0n) is 10.2. The highest BCUT2D eigenvalue weighted by molar-refractivity contribution is 9.10. The lowest BCUT2D eigenvalue weighted by Crippen LogP contribution is -2.05. The van der Waals surface area contributed by atoms with Gasteiger partial charge in [0.1, 0.15) is 0 Å². The van der Waals surface area contributed by atoms with Crippen molar-refractivity contribution >= 4 is 27.5 Å². The molecule has 0 amide bonds. The van der Waals surface area contributed by atoms with Crippen LogP contribution in [0.2, 0.25) is 0 Å². The van der Waals surface area contributed by atoms with Gasteiger partial charge >= 0.3 is 5.97 Å². The van der Waals surface area contributed by atoms with Crippen molar-refractivity contribution in [2.75, 3.05) is 6.61 Å². The van der Waals surface area contributed by atoms with Crippen molar-refractivity contribution in [2.45, 2.75) is 19.8 Å². The van der Waals surface area contributed by atoms with Crippen molar-refractivity contribution in [3.8, 4) is 5.75 Å². The zero-order chi connectivity index (χ0) is 14.0. The van der Waals surface area contributed by atoms with Gasteiger partial charge < -0.3 is 14.2 Å². The lowest BCUT2D eigenvalue weighted by atomic mass is 10.2. The third-order valence-corrected chi connectivity index (χ3v) is 3.14. The SMILES string of the molecule is CCOC(=O)CCc1cn2cc(Br)c(O)c(F)c2n1. The van der Waals surface area contributed by atoms with Crippen molar-refractivity contribution < 1.29 is 19.0 Å². The monoisotopic (exact) mass is 330 g/mol. The van der Waals surface area contributed by atoms with Crippen LogP contribution in [0.5, 0.6) is 5.75 Å². The largest absolute Gasteiger partial charge is 0.504 e. The van der Waals surface area contributed by atoms with Gasteiger partial charge in [0.25, 0.3) is 0 Å². The van der Waals surface area contributed by atoms with Crippen LogP contribution in [0.25, 0.3) is 5.65 Å². The van der Waals surface area contributed by atoms with Crippen LogP contribution in [0.15, 0.2) is 16.9 Å². The van der Waals surface area contributed by atoms with E-state index in [0.29, 0.717) is 18.7 Å². The summed E-state index contributed by atoms with van der Waals surface area (Å²) in [5, 5.41) is 9.45. The fourth-order valence-corrected chi connectivity index (χ4v) is 2.08. The number of carbonyl (C=O) groups is 1. The molecule has 0 unspecified atom stereocenters. The summed E-state index contributed by atoms with van der Waals surface area (Å²) in [7, 11) is 0. The number of aryl methyl sites for hydroxylation is 1. The molecule has 102 valence electrons. The molecule has 0 atom stereocenters. The van der Waals surface area contributed by atoms with E-state index in [0.717, 1.165) is 0 Å². The number of pyridine rings is 1. The molecule has 0 fully saturated rings. The molecule has 0 bridgehead atoms. The predicted octanol–water partition coefficient (Wildman–Crippen LogP) is 2.44. The van der Waals surface area contributed by atoms with Crippen LogP contribution >= 0.6 is 15.9 Å². The number of carbonyl (C=O) groups excluding carboxylic acids is 1. The van der Waals surface area contributed by atoms with E-state index in [1.807, 2.05) is 0 Å². The molecule has 0 aliphatic carbocycles. The van der Waals surface area contributed by atoms with Crippen molar-refractivity contribution in [1.29, 1.82) is 0 Å². The Kier molecular flexibility index (Phi) is 4.04. The van der Waals surface area contributed by atoms with Crippen LogP contribution in [-0.4, -0.2) is 27.1 Å². The maximum absolute atomic E-state index is 13.7. The van der Waals surface area contributed by atoms with Gasteiger partial charge in [-0.05, 0) is 22.9 Å². The normalized spacial score (nSPS) is 10.9. The molecule has 2 aromatic rings. The van der Waals surface area contributed by atoms with E-state index in [-0.39, 0.29) is 22.5 Å². The van der Waals surface area contributed by atoms with Gasteiger partial charge in [-0.3, -0.25) is 4.79 Å². The van der Waals surface area contributed by atoms with Gasteiger partial charge in [-0.2, -0.15) is 4.39 Å². The Morgan fingerprint density at radius 3 is 3.00 bits per heavy atom. The lowest BCUT2D eigenvalue weighted by molar-refractivity contribution is -0.143. The Morgan fingerprint density at radius 1 is 1.58 bits per heavy atom. The predicted molar refractivity (Wildman–Crippen MR) is 69.5 cm³/mol. The lowest BCUT2D eigenvalue weighted by Gasteiger charge is -2.00. The maximum Gasteiger partial charge on any atom is 0.306 e. The van der Waals surface area contributed by atoms with Crippen LogP contribution in [-0.2, 0) is 16.0 Å². The van der Waals surface area contributed by atoms with Crippen molar-refractivity contribution in [3.05, 3.63) is 28.4 Å². The summed E-state index contributed by atoms with van der Waals surface area (Å²) < 4.78 is 20.2. The molecule has 2 rings (SSSR count). The van der Waals surface area contributed by atoms with E-state index < -0.39 is 11.6 Å². The summed E-state index contributed by atoms with van der Waals surface area (Å²) in [5.74, 6) is -1.59. The number of rotatable bonds is 4. The number of hydrogen-bond acceptors (Lipinski definition) is 4. The van der Waals surface area contributed by atoms with E-state index >= 15 is 0 Å². The minimum absolute atomic E-state index is 0.0274. The summed E-state index contributed by atoms with van der Waals surface area (Å²) >= 11 is 3.05. The fraction of sp³-hybridized carbons (Fsp3) is 0.333. The Hall–Kier alpha value is -1.63. The van der Waals surface area contributed by atoms with Crippen LogP contribution < -0.4 is 0 Å². The van der Waals surface area contributed by atoms with E-state index in [2.05, 4.69) is 20.9 Å². The van der Waals surface area contributed by atoms with Crippen LogP contribution in [0.1, 0.15) is 19.0 Å². The standard InChI is InChI=1S/C12H12BrFN2O3/c1-2-19-9(17)4-3-7-5-16-6-8(13)11(18)10(14)12(16)15-7/h5-6,18H,2-4H2,1H3. The highest BCUT2D eigenvalue weighted by Crippen LogP contribution is 2.29. The number of fused-ring (bicyclic) bond motifs is 1. The molecule has 0 aliphatic heterocycles. The summed E-state index contributed by atoms with van der Waals surface area (Å²) in [6.45, 7) is 2.07. The Morgan fingerprint density at radius 2 is 2.32 bits per heavy atom. The Balaban J connectivity index is 2.22. The first-order valence-corrected chi connectivity index (χ1v) is 6.52. The smallest absolute Gasteiger partial charge is 0.306 e. The average molecular weight is 331 g/mol. The number of ether oxygens (including phenoxy) is 1. The number of imidazole rings is 1. The van der Waals surface area contributed by atoms with Crippen LogP contribution in [0, 0.1) is 5.82 Å². The summed E-state index contributed by atoms with van der Waals surface area (Å²) in [4.78, 5) is 15.3. The number of halogens is 2. The molecule has 2 heterocycles. The summed E-state index contributed by atoms with van der Waals surface area (Å²) in [6, 6.07) is 0. The van der Waals surface area contributed by atoms with Gasteiger partial charge in [0.05, 0.1) is 23.2 Å². The number of nitrogens with zero attached hydrogens (tertiary/aromatic N) is 2.